The minimum Gasteiger partial charge on any atom is -0.289 e. The van der Waals surface area contributed by atoms with E-state index in [1.165, 1.54) is 0 Å². The molecule has 2 N–H and O–H groups in total. The van der Waals surface area contributed by atoms with Crippen LogP contribution in [0.1, 0.15) is 17.0 Å². The maximum atomic E-state index is 13.9. The summed E-state index contributed by atoms with van der Waals surface area (Å²) in [6.07, 6.45) is 0. The van der Waals surface area contributed by atoms with E-state index < -0.39 is 23.5 Å². The number of hydrogen-bond acceptors (Lipinski definition) is 2. The third kappa shape index (κ3) is 3.56. The van der Waals surface area contributed by atoms with E-state index in [1.54, 1.807) is 54.0 Å². The zero-order valence-electron chi connectivity index (χ0n) is 13.1. The van der Waals surface area contributed by atoms with Crippen LogP contribution in [0.5, 0.6) is 0 Å². The lowest BCUT2D eigenvalue weighted by Gasteiger charge is -2.16. The molecule has 0 fully saturated rings. The Labute approximate surface area is 143 Å². The highest BCUT2D eigenvalue weighted by atomic mass is 19.1. The molecule has 3 aromatic rings. The van der Waals surface area contributed by atoms with Crippen LogP contribution in [0, 0.1) is 11.6 Å². The van der Waals surface area contributed by atoms with Crippen molar-refractivity contribution >= 4 is 5.91 Å². The molecule has 0 saturated heterocycles. The van der Waals surface area contributed by atoms with E-state index in [0.717, 1.165) is 18.2 Å². The number of carbonyl (C=O) groups is 1. The van der Waals surface area contributed by atoms with Gasteiger partial charge in [-0.15, -0.1) is 0 Å². The van der Waals surface area contributed by atoms with Gasteiger partial charge in [0.2, 0.25) is 0 Å². The van der Waals surface area contributed by atoms with Crippen LogP contribution in [0.3, 0.4) is 0 Å². The van der Waals surface area contributed by atoms with Gasteiger partial charge in [-0.2, -0.15) is 0 Å². The Morgan fingerprint density at radius 1 is 0.880 bits per heavy atom. The van der Waals surface area contributed by atoms with Crippen LogP contribution in [0.25, 0.3) is 11.1 Å². The van der Waals surface area contributed by atoms with Crippen LogP contribution in [0.2, 0.25) is 0 Å². The average Bonchev–Trinajstić information content (AvgIpc) is 2.65. The monoisotopic (exact) mass is 339 g/mol. The number of amides is 1. The quantitative estimate of drug-likeness (QED) is 0.551. The summed E-state index contributed by atoms with van der Waals surface area (Å²) in [7, 11) is 0. The zero-order valence-corrected chi connectivity index (χ0v) is 13.1. The summed E-state index contributed by atoms with van der Waals surface area (Å²) < 4.78 is 27.3. The second-order valence-electron chi connectivity index (χ2n) is 5.57. The molecule has 0 aliphatic rings. The Morgan fingerprint density at radius 3 is 2.16 bits per heavy atom. The lowest BCUT2D eigenvalue weighted by Crippen LogP contribution is -2.27. The first-order valence-electron chi connectivity index (χ1n) is 7.64. The third-order valence-corrected chi connectivity index (χ3v) is 3.99. The predicted octanol–water partition coefficient (Wildman–Crippen LogP) is 4.27. The molecule has 0 saturated carbocycles. The third-order valence-electron chi connectivity index (χ3n) is 3.99. The van der Waals surface area contributed by atoms with Crippen LogP contribution in [0.4, 0.5) is 8.78 Å². The maximum Gasteiger partial charge on any atom is 0.255 e. The molecule has 1 atom stereocenters. The highest BCUT2D eigenvalue weighted by Gasteiger charge is 2.22. The number of carbonyl (C=O) groups excluding carboxylic acids is 1. The summed E-state index contributed by atoms with van der Waals surface area (Å²) in [5.74, 6) is -2.34. The molecule has 3 rings (SSSR count). The van der Waals surface area contributed by atoms with Gasteiger partial charge in [-0.1, -0.05) is 54.6 Å². The summed E-state index contributed by atoms with van der Waals surface area (Å²) in [6.45, 7) is 0. The minimum atomic E-state index is -0.711. The number of benzene rings is 3. The Morgan fingerprint density at radius 2 is 1.52 bits per heavy atom. The van der Waals surface area contributed by atoms with Crippen molar-refractivity contribution in [1.29, 1.82) is 0 Å². The largest absolute Gasteiger partial charge is 0.289 e. The van der Waals surface area contributed by atoms with E-state index in [2.05, 4.69) is 0 Å². The van der Waals surface area contributed by atoms with Gasteiger partial charge in [0.25, 0.3) is 5.91 Å². The summed E-state index contributed by atoms with van der Waals surface area (Å²) >= 11 is 0. The van der Waals surface area contributed by atoms with E-state index in [4.69, 9.17) is 5.21 Å². The van der Waals surface area contributed by atoms with Gasteiger partial charge >= 0.3 is 0 Å². The van der Waals surface area contributed by atoms with Crippen LogP contribution in [-0.2, 0) is 4.79 Å². The molecule has 0 aromatic heterocycles. The lowest BCUT2D eigenvalue weighted by molar-refractivity contribution is -0.129. The van der Waals surface area contributed by atoms with Gasteiger partial charge in [-0.05, 0) is 34.9 Å². The number of halogens is 2. The standard InChI is InChI=1S/C20H15F2NO2/c21-16-10-11-18(22)17(12-16)13-6-8-15(9-7-13)19(20(24)23-25)14-4-2-1-3-5-14/h1-12,19,25H,(H,23,24). The topological polar surface area (TPSA) is 49.3 Å². The zero-order chi connectivity index (χ0) is 17.8. The molecule has 0 aliphatic carbocycles. The highest BCUT2D eigenvalue weighted by Crippen LogP contribution is 2.29. The van der Waals surface area contributed by atoms with Crippen LogP contribution < -0.4 is 5.48 Å². The summed E-state index contributed by atoms with van der Waals surface area (Å²) in [5.41, 5.74) is 3.65. The first-order chi connectivity index (χ1) is 12.1. The molecule has 1 amide bonds. The van der Waals surface area contributed by atoms with Crippen molar-refractivity contribution in [2.24, 2.45) is 0 Å². The van der Waals surface area contributed by atoms with Crippen molar-refractivity contribution in [3.63, 3.8) is 0 Å². The molecule has 0 radical (unpaired) electrons. The highest BCUT2D eigenvalue weighted by molar-refractivity contribution is 5.86. The first-order valence-corrected chi connectivity index (χ1v) is 7.64. The second-order valence-corrected chi connectivity index (χ2v) is 5.57. The molecular weight excluding hydrogens is 324 g/mol. The fraction of sp³-hybridized carbons (Fsp3) is 0.0500. The minimum absolute atomic E-state index is 0.148. The van der Waals surface area contributed by atoms with E-state index in [9.17, 15) is 13.6 Å². The molecule has 5 heteroatoms. The van der Waals surface area contributed by atoms with Gasteiger partial charge in [0, 0.05) is 5.56 Å². The fourth-order valence-corrected chi connectivity index (χ4v) is 2.78. The fourth-order valence-electron chi connectivity index (χ4n) is 2.78. The van der Waals surface area contributed by atoms with Crippen molar-refractivity contribution in [3.05, 3.63) is 95.6 Å². The predicted molar refractivity (Wildman–Crippen MR) is 90.0 cm³/mol. The molecule has 1 unspecified atom stereocenters. The number of nitrogens with one attached hydrogen (secondary N) is 1. The van der Waals surface area contributed by atoms with Crippen molar-refractivity contribution < 1.29 is 18.8 Å². The van der Waals surface area contributed by atoms with Gasteiger partial charge in [-0.25, -0.2) is 14.3 Å². The second kappa shape index (κ2) is 7.23. The molecule has 0 heterocycles. The number of rotatable bonds is 4. The van der Waals surface area contributed by atoms with Gasteiger partial charge in [0.1, 0.15) is 11.6 Å². The summed E-state index contributed by atoms with van der Waals surface area (Å²) in [5, 5.41) is 9.04. The average molecular weight is 339 g/mol. The van der Waals surface area contributed by atoms with Crippen molar-refractivity contribution in [3.8, 4) is 11.1 Å². The Hall–Kier alpha value is -3.05. The van der Waals surface area contributed by atoms with E-state index >= 15 is 0 Å². The normalized spacial score (nSPS) is 11.8. The van der Waals surface area contributed by atoms with Crippen LogP contribution in [-0.4, -0.2) is 11.1 Å². The molecule has 0 bridgehead atoms. The molecule has 25 heavy (non-hydrogen) atoms. The lowest BCUT2D eigenvalue weighted by atomic mass is 9.89. The van der Waals surface area contributed by atoms with E-state index in [0.29, 0.717) is 16.7 Å². The van der Waals surface area contributed by atoms with Crippen molar-refractivity contribution in [1.82, 2.24) is 5.48 Å². The maximum absolute atomic E-state index is 13.9. The number of hydroxylamine groups is 1. The molecule has 3 nitrogen and oxygen atoms in total. The smallest absolute Gasteiger partial charge is 0.255 e. The Balaban J connectivity index is 2.00. The van der Waals surface area contributed by atoms with Crippen molar-refractivity contribution in [2.45, 2.75) is 5.92 Å². The van der Waals surface area contributed by atoms with Gasteiger partial charge in [0.05, 0.1) is 5.92 Å². The number of hydrogen-bond donors (Lipinski definition) is 2. The van der Waals surface area contributed by atoms with Crippen LogP contribution in [0.15, 0.2) is 72.8 Å². The SMILES string of the molecule is O=C(NO)C(c1ccccc1)c1ccc(-c2cc(F)ccc2F)cc1. The molecule has 0 spiro atoms. The molecule has 3 aromatic carbocycles. The van der Waals surface area contributed by atoms with E-state index in [-0.39, 0.29) is 5.56 Å². The molecular formula is C20H15F2NO2. The van der Waals surface area contributed by atoms with Crippen molar-refractivity contribution in [2.75, 3.05) is 0 Å². The Kier molecular flexibility index (Phi) is 4.86. The molecule has 126 valence electrons. The van der Waals surface area contributed by atoms with Gasteiger partial charge < -0.3 is 0 Å². The first kappa shape index (κ1) is 16.8. The molecule has 0 aliphatic heterocycles. The van der Waals surface area contributed by atoms with Gasteiger partial charge in [0.15, 0.2) is 0 Å². The van der Waals surface area contributed by atoms with Gasteiger partial charge in [-0.3, -0.25) is 10.0 Å². The van der Waals surface area contributed by atoms with Crippen LogP contribution >= 0.6 is 0 Å². The Bertz CT molecular complexity index is 880. The summed E-state index contributed by atoms with van der Waals surface area (Å²) in [4.78, 5) is 12.1. The summed E-state index contributed by atoms with van der Waals surface area (Å²) in [6, 6.07) is 18.8. The van der Waals surface area contributed by atoms with E-state index in [1.807, 2.05) is 6.07 Å².